The summed E-state index contributed by atoms with van der Waals surface area (Å²) < 4.78 is 19.4. The van der Waals surface area contributed by atoms with Crippen LogP contribution in [0.2, 0.25) is 0 Å². The van der Waals surface area contributed by atoms with E-state index in [4.69, 9.17) is 4.42 Å². The number of aryl methyl sites for hydroxylation is 1. The van der Waals surface area contributed by atoms with E-state index >= 15 is 0 Å². The second kappa shape index (κ2) is 9.11. The Balaban J connectivity index is 1.64. The molecular formula is C22H28FN3O3. The van der Waals surface area contributed by atoms with Crippen LogP contribution in [0.5, 0.6) is 0 Å². The van der Waals surface area contributed by atoms with Gasteiger partial charge in [-0.1, -0.05) is 19.9 Å². The van der Waals surface area contributed by atoms with Crippen LogP contribution in [0, 0.1) is 18.7 Å². The molecule has 6 nitrogen and oxygen atoms in total. The lowest BCUT2D eigenvalue weighted by Crippen LogP contribution is -2.55. The van der Waals surface area contributed by atoms with Crippen LogP contribution < -0.4 is 15.5 Å². The highest BCUT2D eigenvalue weighted by atomic mass is 19.1. The molecule has 1 aliphatic rings. The van der Waals surface area contributed by atoms with Crippen molar-refractivity contribution in [3.63, 3.8) is 0 Å². The minimum Gasteiger partial charge on any atom is -0.459 e. The van der Waals surface area contributed by atoms with E-state index in [0.29, 0.717) is 12.2 Å². The van der Waals surface area contributed by atoms with Gasteiger partial charge < -0.3 is 20.0 Å². The highest BCUT2D eigenvalue weighted by Gasteiger charge is 2.29. The van der Waals surface area contributed by atoms with Gasteiger partial charge in [-0.15, -0.1) is 0 Å². The lowest BCUT2D eigenvalue weighted by atomic mass is 10.0. The lowest BCUT2D eigenvalue weighted by molar-refractivity contribution is -0.124. The van der Waals surface area contributed by atoms with Crippen molar-refractivity contribution in [1.82, 2.24) is 10.6 Å². The molecule has 3 rings (SSSR count). The molecule has 1 aromatic heterocycles. The average Bonchev–Trinajstić information content (AvgIpc) is 3.22. The van der Waals surface area contributed by atoms with E-state index in [1.807, 2.05) is 31.7 Å². The molecule has 1 aliphatic heterocycles. The van der Waals surface area contributed by atoms with Gasteiger partial charge in [0.1, 0.15) is 11.9 Å². The fourth-order valence-corrected chi connectivity index (χ4v) is 3.62. The first kappa shape index (κ1) is 20.9. The Hall–Kier alpha value is -2.83. The molecule has 29 heavy (non-hydrogen) atoms. The zero-order chi connectivity index (χ0) is 21.0. The maximum Gasteiger partial charge on any atom is 0.287 e. The van der Waals surface area contributed by atoms with Crippen molar-refractivity contribution in [2.75, 3.05) is 18.0 Å². The van der Waals surface area contributed by atoms with E-state index < -0.39 is 11.9 Å². The molecule has 2 aromatic rings. The molecule has 2 heterocycles. The first-order valence-electron chi connectivity index (χ1n) is 10.0. The van der Waals surface area contributed by atoms with Gasteiger partial charge in [0.2, 0.25) is 5.91 Å². The molecule has 0 radical (unpaired) electrons. The number of nitrogens with one attached hydrogen (secondary N) is 2. The van der Waals surface area contributed by atoms with Crippen molar-refractivity contribution in [2.24, 2.45) is 5.92 Å². The van der Waals surface area contributed by atoms with E-state index in [2.05, 4.69) is 10.6 Å². The molecule has 0 bridgehead atoms. The van der Waals surface area contributed by atoms with Crippen molar-refractivity contribution < 1.29 is 18.4 Å². The summed E-state index contributed by atoms with van der Waals surface area (Å²) in [6.45, 7) is 6.96. The SMILES string of the molecule is Cc1ccc(F)c(N2CCCC(NC(=O)C(NC(=O)c3ccco3)C(C)C)C2)c1. The van der Waals surface area contributed by atoms with Crippen molar-refractivity contribution in [1.29, 1.82) is 0 Å². The summed E-state index contributed by atoms with van der Waals surface area (Å²) in [5.74, 6) is -0.842. The van der Waals surface area contributed by atoms with E-state index in [1.165, 1.54) is 12.3 Å². The molecule has 2 unspecified atom stereocenters. The number of nitrogens with zero attached hydrogens (tertiary/aromatic N) is 1. The number of benzene rings is 1. The summed E-state index contributed by atoms with van der Waals surface area (Å²) in [7, 11) is 0. The van der Waals surface area contributed by atoms with Crippen LogP contribution >= 0.6 is 0 Å². The molecule has 1 aromatic carbocycles. The zero-order valence-corrected chi connectivity index (χ0v) is 17.1. The van der Waals surface area contributed by atoms with Gasteiger partial charge in [-0.25, -0.2) is 4.39 Å². The van der Waals surface area contributed by atoms with Gasteiger partial charge in [0, 0.05) is 19.1 Å². The Morgan fingerprint density at radius 1 is 1.28 bits per heavy atom. The summed E-state index contributed by atoms with van der Waals surface area (Å²) in [5.41, 5.74) is 1.56. The van der Waals surface area contributed by atoms with Crippen LogP contribution in [0.1, 0.15) is 42.8 Å². The first-order valence-corrected chi connectivity index (χ1v) is 10.0. The van der Waals surface area contributed by atoms with Crippen LogP contribution in [0.15, 0.2) is 41.0 Å². The van der Waals surface area contributed by atoms with Gasteiger partial charge in [0.05, 0.1) is 12.0 Å². The zero-order valence-electron chi connectivity index (χ0n) is 17.1. The molecule has 0 aliphatic carbocycles. The average molecular weight is 401 g/mol. The Kier molecular flexibility index (Phi) is 6.56. The minimum absolute atomic E-state index is 0.0946. The number of rotatable bonds is 6. The van der Waals surface area contributed by atoms with Crippen molar-refractivity contribution in [3.8, 4) is 0 Å². The molecule has 7 heteroatoms. The van der Waals surface area contributed by atoms with Gasteiger partial charge in [0.25, 0.3) is 5.91 Å². The number of piperidine rings is 1. The molecule has 1 saturated heterocycles. The Labute approximate surface area is 170 Å². The minimum atomic E-state index is -0.682. The highest BCUT2D eigenvalue weighted by Crippen LogP contribution is 2.24. The third-order valence-corrected chi connectivity index (χ3v) is 5.19. The monoisotopic (exact) mass is 401 g/mol. The highest BCUT2D eigenvalue weighted by molar-refractivity contribution is 5.95. The van der Waals surface area contributed by atoms with Gasteiger partial charge in [-0.2, -0.15) is 0 Å². The predicted octanol–water partition coefficient (Wildman–Crippen LogP) is 3.27. The molecule has 156 valence electrons. The third kappa shape index (κ3) is 5.16. The van der Waals surface area contributed by atoms with Crippen LogP contribution in [0.4, 0.5) is 10.1 Å². The fraction of sp³-hybridized carbons (Fsp3) is 0.455. The van der Waals surface area contributed by atoms with Gasteiger partial charge >= 0.3 is 0 Å². The predicted molar refractivity (Wildman–Crippen MR) is 109 cm³/mol. The molecular weight excluding hydrogens is 373 g/mol. The fourth-order valence-electron chi connectivity index (χ4n) is 3.62. The smallest absolute Gasteiger partial charge is 0.287 e. The van der Waals surface area contributed by atoms with Gasteiger partial charge in [0.15, 0.2) is 5.76 Å². The second-order valence-corrected chi connectivity index (χ2v) is 7.92. The molecule has 0 saturated carbocycles. The summed E-state index contributed by atoms with van der Waals surface area (Å²) in [6, 6.07) is 7.44. The van der Waals surface area contributed by atoms with Crippen molar-refractivity contribution in [2.45, 2.75) is 45.7 Å². The first-order chi connectivity index (χ1) is 13.8. The van der Waals surface area contributed by atoms with Crippen LogP contribution in [-0.4, -0.2) is 37.0 Å². The number of carbonyl (C=O) groups excluding carboxylic acids is 2. The summed E-state index contributed by atoms with van der Waals surface area (Å²) in [6.07, 6.45) is 3.08. The van der Waals surface area contributed by atoms with E-state index in [0.717, 1.165) is 24.9 Å². The Morgan fingerprint density at radius 2 is 2.07 bits per heavy atom. The number of carbonyl (C=O) groups is 2. The van der Waals surface area contributed by atoms with Crippen molar-refractivity contribution >= 4 is 17.5 Å². The largest absolute Gasteiger partial charge is 0.459 e. The molecule has 0 spiro atoms. The summed E-state index contributed by atoms with van der Waals surface area (Å²) in [5, 5.41) is 5.79. The van der Waals surface area contributed by atoms with E-state index in [9.17, 15) is 14.0 Å². The number of amides is 2. The number of anilines is 1. The number of halogens is 1. The van der Waals surface area contributed by atoms with Gasteiger partial charge in [-0.3, -0.25) is 9.59 Å². The van der Waals surface area contributed by atoms with Crippen LogP contribution in [-0.2, 0) is 4.79 Å². The Morgan fingerprint density at radius 3 is 2.76 bits per heavy atom. The Bertz CT molecular complexity index is 851. The summed E-state index contributed by atoms with van der Waals surface area (Å²) >= 11 is 0. The molecule has 2 amide bonds. The summed E-state index contributed by atoms with van der Waals surface area (Å²) in [4.78, 5) is 27.1. The van der Waals surface area contributed by atoms with Gasteiger partial charge in [-0.05, 0) is 55.5 Å². The third-order valence-electron chi connectivity index (χ3n) is 5.19. The van der Waals surface area contributed by atoms with Crippen molar-refractivity contribution in [3.05, 3.63) is 53.7 Å². The van der Waals surface area contributed by atoms with Crippen LogP contribution in [0.25, 0.3) is 0 Å². The normalized spacial score (nSPS) is 17.8. The molecule has 2 atom stereocenters. The van der Waals surface area contributed by atoms with Crippen LogP contribution in [0.3, 0.4) is 0 Å². The second-order valence-electron chi connectivity index (χ2n) is 7.92. The topological polar surface area (TPSA) is 74.6 Å². The molecule has 1 fully saturated rings. The maximum absolute atomic E-state index is 14.3. The van der Waals surface area contributed by atoms with E-state index in [-0.39, 0.29) is 29.4 Å². The number of hydrogen-bond donors (Lipinski definition) is 2. The molecule has 2 N–H and O–H groups in total. The number of furan rings is 1. The number of hydrogen-bond acceptors (Lipinski definition) is 4. The van der Waals surface area contributed by atoms with E-state index in [1.54, 1.807) is 18.2 Å². The maximum atomic E-state index is 14.3. The quantitative estimate of drug-likeness (QED) is 0.779. The standard InChI is InChI=1S/C22H28FN3O3/c1-14(2)20(25-21(27)19-7-5-11-29-19)22(28)24-16-6-4-10-26(13-16)18-12-15(3)8-9-17(18)23/h5,7-9,11-12,14,16,20H,4,6,10,13H2,1-3H3,(H,24,28)(H,25,27). The lowest BCUT2D eigenvalue weighted by Gasteiger charge is -2.36.